The highest BCUT2D eigenvalue weighted by atomic mass is 35.5. The van der Waals surface area contributed by atoms with Crippen molar-refractivity contribution in [2.24, 2.45) is 5.73 Å². The normalized spacial score (nSPS) is 24.4. The molecule has 14 heavy (non-hydrogen) atoms. The van der Waals surface area contributed by atoms with Gasteiger partial charge in [-0.2, -0.15) is 0 Å². The maximum Gasteiger partial charge on any atom is 0.253 e. The average molecular weight is 211 g/mol. The molecule has 2 rings (SSSR count). The highest BCUT2D eigenvalue weighted by molar-refractivity contribution is 6.33. The van der Waals surface area contributed by atoms with Crippen molar-refractivity contribution in [3.8, 4) is 0 Å². The van der Waals surface area contributed by atoms with Gasteiger partial charge in [0.25, 0.3) is 5.91 Å². The van der Waals surface area contributed by atoms with E-state index in [0.717, 1.165) is 6.42 Å². The van der Waals surface area contributed by atoms with Gasteiger partial charge in [0.1, 0.15) is 0 Å². The van der Waals surface area contributed by atoms with Gasteiger partial charge in [0.05, 0.1) is 10.6 Å². The summed E-state index contributed by atoms with van der Waals surface area (Å²) in [5.41, 5.74) is 6.09. The molecule has 1 aromatic rings. The molecular formula is C10H11ClN2O. The van der Waals surface area contributed by atoms with Gasteiger partial charge in [-0.1, -0.05) is 23.7 Å². The monoisotopic (exact) mass is 210 g/mol. The topological polar surface area (TPSA) is 55.1 Å². The van der Waals surface area contributed by atoms with Gasteiger partial charge in [-0.25, -0.2) is 0 Å². The molecule has 1 aliphatic rings. The first kappa shape index (κ1) is 9.49. The quantitative estimate of drug-likeness (QED) is 0.770. The molecule has 0 aromatic heterocycles. The molecule has 0 spiro atoms. The molecule has 3 nitrogen and oxygen atoms in total. The molecule has 0 radical (unpaired) electrons. The first-order valence-electron chi connectivity index (χ1n) is 4.49. The number of hydrogen-bond acceptors (Lipinski definition) is 2. The number of carbonyl (C=O) groups excluding carboxylic acids is 1. The highest BCUT2D eigenvalue weighted by Gasteiger charge is 2.35. The third-order valence-corrected chi connectivity index (χ3v) is 2.60. The van der Waals surface area contributed by atoms with Crippen molar-refractivity contribution in [2.45, 2.75) is 18.5 Å². The molecule has 0 saturated heterocycles. The largest absolute Gasteiger partial charge is 0.348 e. The van der Waals surface area contributed by atoms with E-state index < -0.39 is 0 Å². The predicted octanol–water partition coefficient (Wildman–Crippen LogP) is 1.17. The maximum atomic E-state index is 11.6. The van der Waals surface area contributed by atoms with Crippen molar-refractivity contribution in [3.05, 3.63) is 34.9 Å². The number of benzene rings is 1. The van der Waals surface area contributed by atoms with E-state index in [2.05, 4.69) is 5.32 Å². The summed E-state index contributed by atoms with van der Waals surface area (Å²) in [7, 11) is 0. The number of amides is 1. The van der Waals surface area contributed by atoms with Crippen LogP contribution in [0.1, 0.15) is 16.8 Å². The fourth-order valence-corrected chi connectivity index (χ4v) is 1.49. The Balaban J connectivity index is 2.07. The standard InChI is InChI=1S/C10H11ClN2O/c11-7-4-2-1-3-6(7)10(14)13-9-5-8(9)12/h1-4,8-9H,5,12H2,(H,13,14). The van der Waals surface area contributed by atoms with E-state index in [-0.39, 0.29) is 18.0 Å². The van der Waals surface area contributed by atoms with Gasteiger partial charge in [0, 0.05) is 12.1 Å². The number of rotatable bonds is 2. The van der Waals surface area contributed by atoms with Crippen LogP contribution in [0.15, 0.2) is 24.3 Å². The molecule has 1 aromatic carbocycles. The summed E-state index contributed by atoms with van der Waals surface area (Å²) < 4.78 is 0. The smallest absolute Gasteiger partial charge is 0.253 e. The minimum absolute atomic E-state index is 0.112. The van der Waals surface area contributed by atoms with Crippen molar-refractivity contribution in [1.82, 2.24) is 5.32 Å². The van der Waals surface area contributed by atoms with Crippen molar-refractivity contribution in [1.29, 1.82) is 0 Å². The van der Waals surface area contributed by atoms with Crippen LogP contribution in [-0.4, -0.2) is 18.0 Å². The number of carbonyl (C=O) groups is 1. The van der Waals surface area contributed by atoms with Gasteiger partial charge < -0.3 is 11.1 Å². The zero-order chi connectivity index (χ0) is 10.1. The van der Waals surface area contributed by atoms with Crippen LogP contribution in [0.4, 0.5) is 0 Å². The molecule has 0 bridgehead atoms. The summed E-state index contributed by atoms with van der Waals surface area (Å²) in [5, 5.41) is 3.28. The minimum atomic E-state index is -0.145. The third-order valence-electron chi connectivity index (χ3n) is 2.27. The minimum Gasteiger partial charge on any atom is -0.348 e. The fourth-order valence-electron chi connectivity index (χ4n) is 1.27. The first-order valence-corrected chi connectivity index (χ1v) is 4.87. The molecule has 74 valence electrons. The summed E-state index contributed by atoms with van der Waals surface area (Å²) in [6, 6.07) is 7.21. The van der Waals surface area contributed by atoms with Gasteiger partial charge >= 0.3 is 0 Å². The second-order valence-electron chi connectivity index (χ2n) is 3.46. The van der Waals surface area contributed by atoms with Crippen LogP contribution >= 0.6 is 11.6 Å². The molecular weight excluding hydrogens is 200 g/mol. The van der Waals surface area contributed by atoms with Gasteiger partial charge in [-0.3, -0.25) is 4.79 Å². The zero-order valence-corrected chi connectivity index (χ0v) is 8.29. The van der Waals surface area contributed by atoms with Crippen LogP contribution in [0.2, 0.25) is 5.02 Å². The summed E-state index contributed by atoms with van der Waals surface area (Å²) >= 11 is 5.87. The SMILES string of the molecule is NC1CC1NC(=O)c1ccccc1Cl. The molecule has 1 saturated carbocycles. The lowest BCUT2D eigenvalue weighted by atomic mass is 10.2. The van der Waals surface area contributed by atoms with Crippen molar-refractivity contribution >= 4 is 17.5 Å². The van der Waals surface area contributed by atoms with Crippen LogP contribution in [0, 0.1) is 0 Å². The van der Waals surface area contributed by atoms with E-state index in [9.17, 15) is 4.79 Å². The number of hydrogen-bond donors (Lipinski definition) is 2. The first-order chi connectivity index (χ1) is 6.68. The Bertz CT molecular complexity index is 367. The van der Waals surface area contributed by atoms with E-state index in [0.29, 0.717) is 10.6 Å². The average Bonchev–Trinajstić information content (AvgIpc) is 2.82. The number of halogens is 1. The van der Waals surface area contributed by atoms with Crippen LogP contribution in [0.25, 0.3) is 0 Å². The Hall–Kier alpha value is -1.06. The lowest BCUT2D eigenvalue weighted by Gasteiger charge is -2.04. The lowest BCUT2D eigenvalue weighted by Crippen LogP contribution is -2.29. The zero-order valence-electron chi connectivity index (χ0n) is 7.53. The molecule has 4 heteroatoms. The van der Waals surface area contributed by atoms with E-state index in [4.69, 9.17) is 17.3 Å². The summed E-state index contributed by atoms with van der Waals surface area (Å²) in [6.07, 6.45) is 0.857. The lowest BCUT2D eigenvalue weighted by molar-refractivity contribution is 0.0950. The van der Waals surface area contributed by atoms with Crippen molar-refractivity contribution in [2.75, 3.05) is 0 Å². The summed E-state index contributed by atoms with van der Waals surface area (Å²) in [6.45, 7) is 0. The Labute approximate surface area is 87.2 Å². The molecule has 2 unspecified atom stereocenters. The summed E-state index contributed by atoms with van der Waals surface area (Å²) in [5.74, 6) is -0.145. The van der Waals surface area contributed by atoms with E-state index >= 15 is 0 Å². The molecule has 1 aliphatic carbocycles. The van der Waals surface area contributed by atoms with Crippen LogP contribution in [-0.2, 0) is 0 Å². The van der Waals surface area contributed by atoms with Gasteiger partial charge in [-0.05, 0) is 18.6 Å². The predicted molar refractivity (Wildman–Crippen MR) is 55.3 cm³/mol. The molecule has 2 atom stereocenters. The van der Waals surface area contributed by atoms with Gasteiger partial charge in [0.15, 0.2) is 0 Å². The molecule has 1 fully saturated rings. The van der Waals surface area contributed by atoms with E-state index in [1.165, 1.54) is 0 Å². The molecule has 0 aliphatic heterocycles. The fraction of sp³-hybridized carbons (Fsp3) is 0.300. The van der Waals surface area contributed by atoms with E-state index in [1.54, 1.807) is 24.3 Å². The second-order valence-corrected chi connectivity index (χ2v) is 3.87. The van der Waals surface area contributed by atoms with Crippen molar-refractivity contribution in [3.63, 3.8) is 0 Å². The molecule has 0 heterocycles. The Morgan fingerprint density at radius 2 is 2.14 bits per heavy atom. The van der Waals surface area contributed by atoms with Crippen LogP contribution in [0.5, 0.6) is 0 Å². The van der Waals surface area contributed by atoms with Crippen LogP contribution < -0.4 is 11.1 Å². The van der Waals surface area contributed by atoms with Crippen LogP contribution in [0.3, 0.4) is 0 Å². The molecule has 1 amide bonds. The van der Waals surface area contributed by atoms with Gasteiger partial charge in [0.2, 0.25) is 0 Å². The molecule has 3 N–H and O–H groups in total. The van der Waals surface area contributed by atoms with Gasteiger partial charge in [-0.15, -0.1) is 0 Å². The third kappa shape index (κ3) is 1.89. The second kappa shape index (κ2) is 3.59. The highest BCUT2D eigenvalue weighted by Crippen LogP contribution is 2.20. The summed E-state index contributed by atoms with van der Waals surface area (Å²) in [4.78, 5) is 11.6. The Morgan fingerprint density at radius 1 is 1.50 bits per heavy atom. The van der Waals surface area contributed by atoms with Crippen molar-refractivity contribution < 1.29 is 4.79 Å². The Morgan fingerprint density at radius 3 is 2.71 bits per heavy atom. The number of nitrogens with two attached hydrogens (primary N) is 1. The Kier molecular flexibility index (Phi) is 2.44. The number of nitrogens with one attached hydrogen (secondary N) is 1. The maximum absolute atomic E-state index is 11.6. The van der Waals surface area contributed by atoms with E-state index in [1.807, 2.05) is 0 Å².